The van der Waals surface area contributed by atoms with Crippen molar-refractivity contribution < 1.29 is 18.3 Å². The average Bonchev–Trinajstić information content (AvgIpc) is 2.46. The van der Waals surface area contributed by atoms with Crippen molar-refractivity contribution in [3.63, 3.8) is 0 Å². The lowest BCUT2D eigenvalue weighted by Crippen LogP contribution is -2.29. The van der Waals surface area contributed by atoms with Gasteiger partial charge in [-0.25, -0.2) is 18.2 Å². The van der Waals surface area contributed by atoms with Crippen LogP contribution in [0.1, 0.15) is 10.4 Å². The van der Waals surface area contributed by atoms with Crippen molar-refractivity contribution in [3.8, 4) is 0 Å². The van der Waals surface area contributed by atoms with Crippen LogP contribution >= 0.6 is 11.6 Å². The molecular weight excluding hydrogens is 316 g/mol. The van der Waals surface area contributed by atoms with Crippen molar-refractivity contribution in [2.75, 3.05) is 11.4 Å². The minimum absolute atomic E-state index is 0.0529. The summed E-state index contributed by atoms with van der Waals surface area (Å²) in [6.07, 6.45) is 1.32. The van der Waals surface area contributed by atoms with Gasteiger partial charge in [0.2, 0.25) is 0 Å². The number of benzene rings is 1. The normalized spacial score (nSPS) is 11.1. The number of hydrogen-bond donors (Lipinski definition) is 1. The van der Waals surface area contributed by atoms with Gasteiger partial charge in [-0.2, -0.15) is 0 Å². The second-order valence-corrected chi connectivity index (χ2v) is 6.43. The highest BCUT2D eigenvalue weighted by Gasteiger charge is 2.27. The number of nitrogens with zero attached hydrogens (tertiary/aromatic N) is 2. The topological polar surface area (TPSA) is 87.6 Å². The zero-order valence-corrected chi connectivity index (χ0v) is 12.5. The number of aromatic carboxylic acids is 1. The molecular formula is C13H11ClN2O4S. The van der Waals surface area contributed by atoms with E-state index in [1.165, 1.54) is 43.6 Å². The van der Waals surface area contributed by atoms with E-state index in [4.69, 9.17) is 16.7 Å². The fourth-order valence-electron chi connectivity index (χ4n) is 1.73. The van der Waals surface area contributed by atoms with E-state index in [9.17, 15) is 13.2 Å². The lowest BCUT2D eigenvalue weighted by molar-refractivity contribution is 0.0697. The van der Waals surface area contributed by atoms with E-state index in [1.54, 1.807) is 6.07 Å². The molecule has 0 saturated carbocycles. The summed E-state index contributed by atoms with van der Waals surface area (Å²) in [5.74, 6) is -1.44. The Morgan fingerprint density at radius 2 is 1.90 bits per heavy atom. The van der Waals surface area contributed by atoms with Gasteiger partial charge in [-0.3, -0.25) is 4.31 Å². The summed E-state index contributed by atoms with van der Waals surface area (Å²) in [6.45, 7) is 0. The quantitative estimate of drug-likeness (QED) is 0.931. The number of anilines is 1. The van der Waals surface area contributed by atoms with Crippen LogP contribution in [0.2, 0.25) is 5.02 Å². The standard InChI is InChI=1S/C13H11ClN2O4S/c1-16(12-9(13(17)18)5-4-8-15-12)21(19,20)11-7-3-2-6-10(11)14/h2-8H,1H3,(H,17,18). The van der Waals surface area contributed by atoms with Crippen LogP contribution in [0.25, 0.3) is 0 Å². The van der Waals surface area contributed by atoms with Crippen molar-refractivity contribution in [2.24, 2.45) is 0 Å². The molecule has 0 spiro atoms. The molecule has 2 rings (SSSR count). The molecule has 21 heavy (non-hydrogen) atoms. The molecule has 0 amide bonds. The van der Waals surface area contributed by atoms with Gasteiger partial charge < -0.3 is 5.11 Å². The maximum Gasteiger partial charge on any atom is 0.339 e. The molecule has 8 heteroatoms. The number of aromatic nitrogens is 1. The number of carboxylic acid groups (broad SMARTS) is 1. The first-order valence-corrected chi connectivity index (χ1v) is 7.59. The summed E-state index contributed by atoms with van der Waals surface area (Å²) in [6, 6.07) is 8.62. The van der Waals surface area contributed by atoms with Gasteiger partial charge in [-0.15, -0.1) is 0 Å². The molecule has 0 aliphatic heterocycles. The summed E-state index contributed by atoms with van der Waals surface area (Å²) in [7, 11) is -2.77. The Morgan fingerprint density at radius 3 is 2.52 bits per heavy atom. The lowest BCUT2D eigenvalue weighted by Gasteiger charge is -2.20. The Bertz CT molecular complexity index is 792. The van der Waals surface area contributed by atoms with Gasteiger partial charge in [0.15, 0.2) is 5.82 Å². The highest BCUT2D eigenvalue weighted by atomic mass is 35.5. The maximum atomic E-state index is 12.5. The second-order valence-electron chi connectivity index (χ2n) is 4.08. The molecule has 110 valence electrons. The first kappa shape index (κ1) is 15.3. The fourth-order valence-corrected chi connectivity index (χ4v) is 3.39. The average molecular weight is 327 g/mol. The van der Waals surface area contributed by atoms with Crippen LogP contribution in [0.15, 0.2) is 47.5 Å². The Labute approximate surface area is 126 Å². The van der Waals surface area contributed by atoms with Crippen LogP contribution in [-0.4, -0.2) is 31.5 Å². The highest BCUT2D eigenvalue weighted by molar-refractivity contribution is 7.93. The largest absolute Gasteiger partial charge is 0.478 e. The first-order valence-electron chi connectivity index (χ1n) is 5.77. The van der Waals surface area contributed by atoms with Gasteiger partial charge in [0.25, 0.3) is 10.0 Å². The number of hydrogen-bond acceptors (Lipinski definition) is 4. The van der Waals surface area contributed by atoms with E-state index in [0.29, 0.717) is 0 Å². The SMILES string of the molecule is CN(c1ncccc1C(=O)O)S(=O)(=O)c1ccccc1Cl. The number of pyridine rings is 1. The van der Waals surface area contributed by atoms with Gasteiger partial charge in [0.1, 0.15) is 10.5 Å². The van der Waals surface area contributed by atoms with Gasteiger partial charge in [-0.1, -0.05) is 23.7 Å². The van der Waals surface area contributed by atoms with Crippen LogP contribution in [0.4, 0.5) is 5.82 Å². The van der Waals surface area contributed by atoms with Crippen molar-refractivity contribution in [1.29, 1.82) is 0 Å². The van der Waals surface area contributed by atoms with E-state index in [2.05, 4.69) is 4.98 Å². The van der Waals surface area contributed by atoms with Crippen LogP contribution in [0.5, 0.6) is 0 Å². The minimum Gasteiger partial charge on any atom is -0.478 e. The molecule has 0 fully saturated rings. The summed E-state index contributed by atoms with van der Waals surface area (Å²) in [4.78, 5) is 14.9. The highest BCUT2D eigenvalue weighted by Crippen LogP contribution is 2.27. The lowest BCUT2D eigenvalue weighted by atomic mass is 10.2. The van der Waals surface area contributed by atoms with Crippen LogP contribution < -0.4 is 4.31 Å². The molecule has 1 aromatic carbocycles. The van der Waals surface area contributed by atoms with Crippen LogP contribution in [0.3, 0.4) is 0 Å². The Kier molecular flexibility index (Phi) is 4.15. The number of carboxylic acids is 1. The van der Waals surface area contributed by atoms with Gasteiger partial charge in [-0.05, 0) is 24.3 Å². The summed E-state index contributed by atoms with van der Waals surface area (Å²) in [5.41, 5.74) is -0.212. The molecule has 0 aliphatic carbocycles. The molecule has 2 aromatic rings. The van der Waals surface area contributed by atoms with Crippen LogP contribution in [0, 0.1) is 0 Å². The number of rotatable bonds is 4. The predicted octanol–water partition coefficient (Wildman–Crippen LogP) is 2.26. The third-order valence-corrected chi connectivity index (χ3v) is 5.04. The Morgan fingerprint density at radius 1 is 1.24 bits per heavy atom. The molecule has 1 aromatic heterocycles. The van der Waals surface area contributed by atoms with Crippen LogP contribution in [-0.2, 0) is 10.0 Å². The number of carbonyl (C=O) groups is 1. The minimum atomic E-state index is -4.00. The Hall–Kier alpha value is -2.12. The van der Waals surface area contributed by atoms with E-state index in [1.807, 2.05) is 0 Å². The third kappa shape index (κ3) is 2.84. The van der Waals surface area contributed by atoms with Crippen molar-refractivity contribution in [2.45, 2.75) is 4.90 Å². The number of sulfonamides is 1. The first-order chi connectivity index (χ1) is 9.85. The van der Waals surface area contributed by atoms with E-state index in [-0.39, 0.29) is 21.3 Å². The monoisotopic (exact) mass is 326 g/mol. The molecule has 6 nitrogen and oxygen atoms in total. The van der Waals surface area contributed by atoms with Gasteiger partial charge >= 0.3 is 5.97 Å². The van der Waals surface area contributed by atoms with E-state index in [0.717, 1.165) is 4.31 Å². The molecule has 0 radical (unpaired) electrons. The number of halogens is 1. The zero-order valence-electron chi connectivity index (χ0n) is 10.9. The smallest absolute Gasteiger partial charge is 0.339 e. The summed E-state index contributed by atoms with van der Waals surface area (Å²) < 4.78 is 25.9. The van der Waals surface area contributed by atoms with E-state index >= 15 is 0 Å². The molecule has 0 saturated heterocycles. The Balaban J connectivity index is 2.57. The second kappa shape index (κ2) is 5.71. The molecule has 0 aliphatic rings. The third-order valence-electron chi connectivity index (χ3n) is 2.79. The van der Waals surface area contributed by atoms with Crippen molar-refractivity contribution in [3.05, 3.63) is 53.2 Å². The summed E-state index contributed by atoms with van der Waals surface area (Å²) >= 11 is 5.90. The molecule has 1 heterocycles. The molecule has 0 bridgehead atoms. The van der Waals surface area contributed by atoms with Gasteiger partial charge in [0.05, 0.1) is 5.02 Å². The van der Waals surface area contributed by atoms with E-state index < -0.39 is 16.0 Å². The maximum absolute atomic E-state index is 12.5. The predicted molar refractivity (Wildman–Crippen MR) is 78.2 cm³/mol. The fraction of sp³-hybridized carbons (Fsp3) is 0.0769. The molecule has 0 unspecified atom stereocenters. The van der Waals surface area contributed by atoms with Gasteiger partial charge in [0, 0.05) is 13.2 Å². The molecule has 0 atom stereocenters. The van der Waals surface area contributed by atoms with Crippen molar-refractivity contribution >= 4 is 33.4 Å². The molecule has 1 N–H and O–H groups in total. The van der Waals surface area contributed by atoms with Crippen molar-refractivity contribution in [1.82, 2.24) is 4.98 Å². The summed E-state index contributed by atoms with van der Waals surface area (Å²) in [5, 5.41) is 9.17. The zero-order chi connectivity index (χ0) is 15.6.